The van der Waals surface area contributed by atoms with Crippen LogP contribution < -0.4 is 0 Å². The lowest BCUT2D eigenvalue weighted by Gasteiger charge is -2.13. The zero-order chi connectivity index (χ0) is 16.3. The molecular formula is C16H12ClFO4. The number of halogens is 2. The summed E-state index contributed by atoms with van der Waals surface area (Å²) in [7, 11) is 0. The zero-order valence-electron chi connectivity index (χ0n) is 11.5. The first-order valence-corrected chi connectivity index (χ1v) is 6.75. The van der Waals surface area contributed by atoms with Crippen LogP contribution in [0.1, 0.15) is 27.6 Å². The lowest BCUT2D eigenvalue weighted by Crippen LogP contribution is -2.24. The summed E-state index contributed by atoms with van der Waals surface area (Å²) in [6.07, 6.45) is -1.08. The Morgan fingerprint density at radius 2 is 1.82 bits per heavy atom. The first kappa shape index (κ1) is 16.0. The number of carbonyl (C=O) groups excluding carboxylic acids is 2. The van der Waals surface area contributed by atoms with Crippen molar-refractivity contribution >= 4 is 23.4 Å². The molecule has 0 aliphatic heterocycles. The molecule has 2 aromatic carbocycles. The maximum absolute atomic E-state index is 12.8. The molecule has 0 radical (unpaired) electrons. The average molecular weight is 323 g/mol. The number of ether oxygens (including phenoxy) is 1. The van der Waals surface area contributed by atoms with Crippen molar-refractivity contribution in [1.29, 1.82) is 0 Å². The second kappa shape index (κ2) is 6.58. The van der Waals surface area contributed by atoms with E-state index in [-0.39, 0.29) is 21.9 Å². The van der Waals surface area contributed by atoms with Gasteiger partial charge in [-0.15, -0.1) is 0 Å². The largest absolute Gasteiger partial charge is 0.507 e. The molecule has 1 atom stereocenters. The van der Waals surface area contributed by atoms with Crippen molar-refractivity contribution in [3.63, 3.8) is 0 Å². The quantitative estimate of drug-likeness (QED) is 0.690. The highest BCUT2D eigenvalue weighted by Gasteiger charge is 2.22. The van der Waals surface area contributed by atoms with E-state index in [1.54, 1.807) is 0 Å². The minimum Gasteiger partial charge on any atom is -0.507 e. The zero-order valence-corrected chi connectivity index (χ0v) is 12.3. The number of ketones is 1. The SMILES string of the molecule is C[C@H](OC(=O)c1ccc(Cl)cc1O)C(=O)c1ccc(F)cc1. The fraction of sp³-hybridized carbons (Fsp3) is 0.125. The normalized spacial score (nSPS) is 11.8. The van der Waals surface area contributed by atoms with E-state index in [2.05, 4.69) is 0 Å². The van der Waals surface area contributed by atoms with E-state index in [1.807, 2.05) is 0 Å². The van der Waals surface area contributed by atoms with Crippen LogP contribution in [0.2, 0.25) is 5.02 Å². The molecule has 1 N–H and O–H groups in total. The third-order valence-corrected chi connectivity index (χ3v) is 3.20. The van der Waals surface area contributed by atoms with Gasteiger partial charge in [0.05, 0.1) is 0 Å². The second-order valence-electron chi connectivity index (χ2n) is 4.58. The Bertz CT molecular complexity index is 713. The third-order valence-electron chi connectivity index (χ3n) is 2.96. The van der Waals surface area contributed by atoms with Crippen LogP contribution in [-0.4, -0.2) is 23.0 Å². The smallest absolute Gasteiger partial charge is 0.342 e. The Hall–Kier alpha value is -2.40. The summed E-state index contributed by atoms with van der Waals surface area (Å²) in [6, 6.07) is 8.83. The predicted molar refractivity (Wildman–Crippen MR) is 78.7 cm³/mol. The minimum atomic E-state index is -1.08. The van der Waals surface area contributed by atoms with Crippen LogP contribution >= 0.6 is 11.6 Å². The van der Waals surface area contributed by atoms with Crippen molar-refractivity contribution < 1.29 is 23.8 Å². The monoisotopic (exact) mass is 322 g/mol. The molecule has 0 unspecified atom stereocenters. The van der Waals surface area contributed by atoms with Crippen LogP contribution in [-0.2, 0) is 4.74 Å². The van der Waals surface area contributed by atoms with Gasteiger partial charge in [0.1, 0.15) is 17.1 Å². The molecular weight excluding hydrogens is 311 g/mol. The maximum Gasteiger partial charge on any atom is 0.342 e. The van der Waals surface area contributed by atoms with Gasteiger partial charge in [-0.05, 0) is 49.4 Å². The first-order chi connectivity index (χ1) is 10.4. The Labute approximate surface area is 131 Å². The van der Waals surface area contributed by atoms with E-state index >= 15 is 0 Å². The van der Waals surface area contributed by atoms with Crippen LogP contribution in [0.5, 0.6) is 5.75 Å². The molecule has 4 nitrogen and oxygen atoms in total. The Kier molecular flexibility index (Phi) is 4.78. The topological polar surface area (TPSA) is 63.6 Å². The van der Waals surface area contributed by atoms with Gasteiger partial charge in [0.25, 0.3) is 0 Å². The van der Waals surface area contributed by atoms with E-state index in [0.29, 0.717) is 0 Å². The predicted octanol–water partition coefficient (Wildman–Crippen LogP) is 3.61. The summed E-state index contributed by atoms with van der Waals surface area (Å²) in [6.45, 7) is 1.40. The van der Waals surface area contributed by atoms with E-state index in [1.165, 1.54) is 37.3 Å². The highest BCUT2D eigenvalue weighted by atomic mass is 35.5. The first-order valence-electron chi connectivity index (χ1n) is 6.38. The number of aromatic hydroxyl groups is 1. The van der Waals surface area contributed by atoms with Crippen molar-refractivity contribution in [3.8, 4) is 5.75 Å². The van der Waals surface area contributed by atoms with E-state index in [4.69, 9.17) is 16.3 Å². The van der Waals surface area contributed by atoms with Crippen molar-refractivity contribution in [2.45, 2.75) is 13.0 Å². The van der Waals surface area contributed by atoms with E-state index < -0.39 is 23.7 Å². The van der Waals surface area contributed by atoms with Crippen LogP contribution in [0.15, 0.2) is 42.5 Å². The maximum atomic E-state index is 12.8. The molecule has 0 aliphatic carbocycles. The summed E-state index contributed by atoms with van der Waals surface area (Å²) in [5, 5.41) is 9.92. The summed E-state index contributed by atoms with van der Waals surface area (Å²) in [5.74, 6) is -2.12. The van der Waals surface area contributed by atoms with Gasteiger partial charge in [0, 0.05) is 10.6 Å². The Morgan fingerprint density at radius 1 is 1.18 bits per heavy atom. The van der Waals surface area contributed by atoms with E-state index in [9.17, 15) is 19.1 Å². The number of hydrogen-bond donors (Lipinski definition) is 1. The molecule has 0 amide bonds. The Morgan fingerprint density at radius 3 is 2.41 bits per heavy atom. The lowest BCUT2D eigenvalue weighted by atomic mass is 10.1. The van der Waals surface area contributed by atoms with Crippen LogP contribution in [0.4, 0.5) is 4.39 Å². The summed E-state index contributed by atoms with van der Waals surface area (Å²) in [5.41, 5.74) is 0.130. The number of phenolic OH excluding ortho intramolecular Hbond substituents is 1. The van der Waals surface area contributed by atoms with Crippen LogP contribution in [0, 0.1) is 5.82 Å². The summed E-state index contributed by atoms with van der Waals surface area (Å²) >= 11 is 5.67. The molecule has 6 heteroatoms. The number of rotatable bonds is 4. The summed E-state index contributed by atoms with van der Waals surface area (Å²) in [4.78, 5) is 24.0. The molecule has 0 fully saturated rings. The second-order valence-corrected chi connectivity index (χ2v) is 5.02. The highest BCUT2D eigenvalue weighted by Crippen LogP contribution is 2.23. The molecule has 114 valence electrons. The van der Waals surface area contributed by atoms with Gasteiger partial charge in [-0.3, -0.25) is 4.79 Å². The molecule has 0 spiro atoms. The fourth-order valence-corrected chi connectivity index (χ4v) is 1.97. The molecule has 0 saturated heterocycles. The average Bonchev–Trinajstić information content (AvgIpc) is 2.47. The van der Waals surface area contributed by atoms with Gasteiger partial charge in [-0.1, -0.05) is 11.6 Å². The molecule has 2 rings (SSSR count). The standard InChI is InChI=1S/C16H12ClFO4/c1-9(15(20)10-2-5-12(18)6-3-10)22-16(21)13-7-4-11(17)8-14(13)19/h2-9,19H,1H3/t9-/m0/s1. The number of hydrogen-bond acceptors (Lipinski definition) is 4. The Balaban J connectivity index is 2.10. The molecule has 22 heavy (non-hydrogen) atoms. The van der Waals surface area contributed by atoms with Gasteiger partial charge < -0.3 is 9.84 Å². The third kappa shape index (κ3) is 3.62. The molecule has 0 heterocycles. The number of benzene rings is 2. The molecule has 0 bridgehead atoms. The van der Waals surface area contributed by atoms with Crippen molar-refractivity contribution in [2.24, 2.45) is 0 Å². The summed E-state index contributed by atoms with van der Waals surface area (Å²) < 4.78 is 17.8. The number of phenols is 1. The highest BCUT2D eigenvalue weighted by molar-refractivity contribution is 6.30. The number of esters is 1. The van der Waals surface area contributed by atoms with Gasteiger partial charge in [0.2, 0.25) is 5.78 Å². The molecule has 0 saturated carbocycles. The van der Waals surface area contributed by atoms with Crippen molar-refractivity contribution in [3.05, 3.63) is 64.4 Å². The lowest BCUT2D eigenvalue weighted by molar-refractivity contribution is 0.0316. The minimum absolute atomic E-state index is 0.0943. The van der Waals surface area contributed by atoms with Gasteiger partial charge >= 0.3 is 5.97 Å². The number of Topliss-reactive ketones (excluding diaryl/α,β-unsaturated/α-hetero) is 1. The molecule has 0 aromatic heterocycles. The molecule has 0 aliphatic rings. The van der Waals surface area contributed by atoms with E-state index in [0.717, 1.165) is 12.1 Å². The molecule has 2 aromatic rings. The number of carbonyl (C=O) groups is 2. The van der Waals surface area contributed by atoms with Gasteiger partial charge in [-0.25, -0.2) is 9.18 Å². The fourth-order valence-electron chi connectivity index (χ4n) is 1.80. The van der Waals surface area contributed by atoms with Crippen molar-refractivity contribution in [1.82, 2.24) is 0 Å². The van der Waals surface area contributed by atoms with Gasteiger partial charge in [0.15, 0.2) is 6.10 Å². The van der Waals surface area contributed by atoms with Gasteiger partial charge in [-0.2, -0.15) is 0 Å². The van der Waals surface area contributed by atoms with Crippen molar-refractivity contribution in [2.75, 3.05) is 0 Å². The van der Waals surface area contributed by atoms with Crippen LogP contribution in [0.25, 0.3) is 0 Å². The van der Waals surface area contributed by atoms with Crippen LogP contribution in [0.3, 0.4) is 0 Å².